The molecule has 1 aliphatic heterocycles. The van der Waals surface area contributed by atoms with Crippen LogP contribution in [0.15, 0.2) is 0 Å². The molecule has 1 aliphatic carbocycles. The van der Waals surface area contributed by atoms with E-state index in [0.29, 0.717) is 5.41 Å². The first-order chi connectivity index (χ1) is 8.63. The second kappa shape index (κ2) is 6.36. The number of nitrogens with zero attached hydrogens (tertiary/aromatic N) is 2. The minimum atomic E-state index is 0.592. The lowest BCUT2D eigenvalue weighted by atomic mass is 9.68. The quantitative estimate of drug-likeness (QED) is 0.776. The van der Waals surface area contributed by atoms with Crippen molar-refractivity contribution in [3.63, 3.8) is 0 Å². The summed E-state index contributed by atoms with van der Waals surface area (Å²) in [6, 6.07) is 0. The van der Waals surface area contributed by atoms with Crippen molar-refractivity contribution in [2.75, 3.05) is 53.9 Å². The van der Waals surface area contributed by atoms with Crippen LogP contribution in [0.5, 0.6) is 0 Å². The third kappa shape index (κ3) is 3.69. The van der Waals surface area contributed by atoms with Crippen molar-refractivity contribution in [1.82, 2.24) is 15.1 Å². The van der Waals surface area contributed by atoms with E-state index >= 15 is 0 Å². The van der Waals surface area contributed by atoms with Gasteiger partial charge in [0.05, 0.1) is 0 Å². The van der Waals surface area contributed by atoms with Gasteiger partial charge in [-0.25, -0.2) is 0 Å². The van der Waals surface area contributed by atoms with Gasteiger partial charge in [0.15, 0.2) is 0 Å². The average Bonchev–Trinajstić information content (AvgIpc) is 2.29. The van der Waals surface area contributed by atoms with E-state index in [-0.39, 0.29) is 0 Å². The Morgan fingerprint density at radius 1 is 1.28 bits per heavy atom. The minimum absolute atomic E-state index is 0.592. The normalized spacial score (nSPS) is 25.3. The van der Waals surface area contributed by atoms with E-state index in [9.17, 15) is 0 Å². The molecule has 0 bridgehead atoms. The lowest BCUT2D eigenvalue weighted by Gasteiger charge is -2.45. The molecule has 0 amide bonds. The minimum Gasteiger partial charge on any atom is -0.319 e. The molecule has 1 saturated carbocycles. The highest BCUT2D eigenvalue weighted by atomic mass is 15.1. The predicted octanol–water partition coefficient (Wildman–Crippen LogP) is 1.65. The van der Waals surface area contributed by atoms with Gasteiger partial charge in [0.25, 0.3) is 0 Å². The molecule has 0 aromatic rings. The number of hydrogen-bond acceptors (Lipinski definition) is 3. The molecule has 0 atom stereocenters. The van der Waals surface area contributed by atoms with Crippen LogP contribution in [-0.2, 0) is 0 Å². The first-order valence-electron chi connectivity index (χ1n) is 7.65. The van der Waals surface area contributed by atoms with Crippen LogP contribution in [0.4, 0.5) is 0 Å². The molecule has 3 nitrogen and oxygen atoms in total. The molecular weight excluding hydrogens is 222 g/mol. The summed E-state index contributed by atoms with van der Waals surface area (Å²) < 4.78 is 0. The average molecular weight is 253 g/mol. The fourth-order valence-electron chi connectivity index (χ4n) is 3.77. The molecule has 3 heteroatoms. The van der Waals surface area contributed by atoms with Crippen molar-refractivity contribution in [2.45, 2.75) is 32.1 Å². The monoisotopic (exact) mass is 253 g/mol. The number of hydrogen-bond donors (Lipinski definition) is 1. The van der Waals surface area contributed by atoms with Crippen molar-refractivity contribution < 1.29 is 0 Å². The summed E-state index contributed by atoms with van der Waals surface area (Å²) in [5.74, 6) is 0.929. The maximum Gasteiger partial charge on any atom is 0.00472 e. The summed E-state index contributed by atoms with van der Waals surface area (Å²) >= 11 is 0. The van der Waals surface area contributed by atoms with Gasteiger partial charge < -0.3 is 15.1 Å². The Kier molecular flexibility index (Phi) is 5.05. The molecule has 0 spiro atoms. The van der Waals surface area contributed by atoms with E-state index in [1.165, 1.54) is 64.8 Å². The van der Waals surface area contributed by atoms with Crippen LogP contribution in [0.3, 0.4) is 0 Å². The van der Waals surface area contributed by atoms with E-state index in [0.717, 1.165) is 5.92 Å². The summed E-state index contributed by atoms with van der Waals surface area (Å²) in [6.45, 7) is 6.38. The zero-order valence-electron chi connectivity index (χ0n) is 12.5. The Balaban J connectivity index is 1.72. The third-order valence-electron chi connectivity index (χ3n) is 4.98. The van der Waals surface area contributed by atoms with E-state index in [1.807, 2.05) is 0 Å². The van der Waals surface area contributed by atoms with Gasteiger partial charge in [0.1, 0.15) is 0 Å². The maximum absolute atomic E-state index is 3.39. The number of rotatable bonds is 6. The van der Waals surface area contributed by atoms with Crippen molar-refractivity contribution >= 4 is 0 Å². The van der Waals surface area contributed by atoms with E-state index in [4.69, 9.17) is 0 Å². The maximum atomic E-state index is 3.39. The highest BCUT2D eigenvalue weighted by molar-refractivity contribution is 4.91. The van der Waals surface area contributed by atoms with Gasteiger partial charge in [-0.2, -0.15) is 0 Å². The number of likely N-dealkylation sites (tertiary alicyclic amines) is 1. The molecular formula is C15H31N3. The summed E-state index contributed by atoms with van der Waals surface area (Å²) in [5, 5.41) is 3.39. The molecule has 1 heterocycles. The van der Waals surface area contributed by atoms with Crippen molar-refractivity contribution in [3.8, 4) is 0 Å². The van der Waals surface area contributed by atoms with Gasteiger partial charge in [-0.15, -0.1) is 0 Å². The molecule has 0 aromatic carbocycles. The highest BCUT2D eigenvalue weighted by Crippen LogP contribution is 2.41. The summed E-state index contributed by atoms with van der Waals surface area (Å²) in [4.78, 5) is 5.07. The van der Waals surface area contributed by atoms with Crippen LogP contribution < -0.4 is 5.32 Å². The number of nitrogens with one attached hydrogen (secondary N) is 1. The second-order valence-corrected chi connectivity index (χ2v) is 6.83. The zero-order valence-corrected chi connectivity index (χ0v) is 12.5. The van der Waals surface area contributed by atoms with Crippen LogP contribution in [0.2, 0.25) is 0 Å². The van der Waals surface area contributed by atoms with Gasteiger partial charge in [-0.05, 0) is 71.2 Å². The van der Waals surface area contributed by atoms with Gasteiger partial charge in [0.2, 0.25) is 0 Å². The van der Waals surface area contributed by atoms with Crippen molar-refractivity contribution in [2.24, 2.45) is 11.3 Å². The second-order valence-electron chi connectivity index (χ2n) is 6.83. The van der Waals surface area contributed by atoms with E-state index in [1.54, 1.807) is 0 Å². The van der Waals surface area contributed by atoms with E-state index < -0.39 is 0 Å². The standard InChI is InChI=1S/C15H31N3/c1-16-12-15(7-4-8-15)13-18(3)11-14-5-9-17(2)10-6-14/h14,16H,4-13H2,1-3H3. The first-order valence-corrected chi connectivity index (χ1v) is 7.65. The Bertz CT molecular complexity index is 242. The lowest BCUT2D eigenvalue weighted by Crippen LogP contribution is -2.48. The summed E-state index contributed by atoms with van der Waals surface area (Å²) in [6.07, 6.45) is 7.06. The SMILES string of the molecule is CNCC1(CN(C)CC2CCN(C)CC2)CCC1. The molecule has 2 rings (SSSR count). The van der Waals surface area contributed by atoms with E-state index in [2.05, 4.69) is 36.3 Å². The van der Waals surface area contributed by atoms with Gasteiger partial charge in [-0.3, -0.25) is 0 Å². The molecule has 1 saturated heterocycles. The molecule has 2 aliphatic rings. The van der Waals surface area contributed by atoms with Crippen LogP contribution in [-0.4, -0.2) is 63.7 Å². The molecule has 0 unspecified atom stereocenters. The fourth-order valence-corrected chi connectivity index (χ4v) is 3.77. The summed E-state index contributed by atoms with van der Waals surface area (Å²) in [5.41, 5.74) is 0.592. The largest absolute Gasteiger partial charge is 0.319 e. The van der Waals surface area contributed by atoms with Crippen LogP contribution >= 0.6 is 0 Å². The molecule has 0 aromatic heterocycles. The van der Waals surface area contributed by atoms with Crippen LogP contribution in [0.25, 0.3) is 0 Å². The van der Waals surface area contributed by atoms with Crippen LogP contribution in [0.1, 0.15) is 32.1 Å². The fraction of sp³-hybridized carbons (Fsp3) is 1.00. The Labute approximate surface area is 113 Å². The van der Waals surface area contributed by atoms with Gasteiger partial charge >= 0.3 is 0 Å². The molecule has 106 valence electrons. The molecule has 0 radical (unpaired) electrons. The smallest absolute Gasteiger partial charge is 0.00472 e. The Morgan fingerprint density at radius 3 is 2.44 bits per heavy atom. The third-order valence-corrected chi connectivity index (χ3v) is 4.98. The Morgan fingerprint density at radius 2 is 1.94 bits per heavy atom. The van der Waals surface area contributed by atoms with Gasteiger partial charge in [-0.1, -0.05) is 6.42 Å². The van der Waals surface area contributed by atoms with Gasteiger partial charge in [0, 0.05) is 19.6 Å². The lowest BCUT2D eigenvalue weighted by molar-refractivity contribution is 0.0660. The van der Waals surface area contributed by atoms with Crippen LogP contribution in [0, 0.1) is 11.3 Å². The van der Waals surface area contributed by atoms with Crippen molar-refractivity contribution in [1.29, 1.82) is 0 Å². The zero-order chi connectivity index (χ0) is 13.0. The Hall–Kier alpha value is -0.120. The first kappa shape index (κ1) is 14.3. The van der Waals surface area contributed by atoms with Crippen molar-refractivity contribution in [3.05, 3.63) is 0 Å². The summed E-state index contributed by atoms with van der Waals surface area (Å²) in [7, 11) is 6.67. The predicted molar refractivity (Wildman–Crippen MR) is 77.9 cm³/mol. The molecule has 2 fully saturated rings. The topological polar surface area (TPSA) is 18.5 Å². The number of piperidine rings is 1. The highest BCUT2D eigenvalue weighted by Gasteiger charge is 2.37. The molecule has 1 N–H and O–H groups in total. The molecule has 18 heavy (non-hydrogen) atoms.